The fraction of sp³-hybridized carbons (Fsp3) is 0.353. The summed E-state index contributed by atoms with van der Waals surface area (Å²) in [4.78, 5) is 4.38. The van der Waals surface area contributed by atoms with Crippen LogP contribution in [0.25, 0.3) is 0 Å². The van der Waals surface area contributed by atoms with E-state index in [0.29, 0.717) is 48.4 Å². The van der Waals surface area contributed by atoms with Crippen molar-refractivity contribution >= 4 is 21.8 Å². The smallest absolute Gasteiger partial charge is 0.244 e. The van der Waals surface area contributed by atoms with E-state index < -0.39 is 10.0 Å². The van der Waals surface area contributed by atoms with Crippen LogP contribution < -0.4 is 4.74 Å². The highest BCUT2D eigenvalue weighted by Gasteiger charge is 2.26. The highest BCUT2D eigenvalue weighted by molar-refractivity contribution is 7.98. The van der Waals surface area contributed by atoms with Crippen LogP contribution in [0.4, 0.5) is 4.39 Å². The molecular formula is C17H19FN2O4S2. The van der Waals surface area contributed by atoms with E-state index in [1.165, 1.54) is 41.5 Å². The van der Waals surface area contributed by atoms with Crippen LogP contribution in [0, 0.1) is 5.82 Å². The number of benzene rings is 1. The quantitative estimate of drug-likeness (QED) is 0.697. The van der Waals surface area contributed by atoms with Crippen LogP contribution in [-0.2, 0) is 20.5 Å². The van der Waals surface area contributed by atoms with E-state index in [0.717, 1.165) is 0 Å². The number of sulfonamides is 1. The number of morpholine rings is 1. The summed E-state index contributed by atoms with van der Waals surface area (Å²) in [6.45, 7) is 1.49. The van der Waals surface area contributed by atoms with Gasteiger partial charge in [0.2, 0.25) is 10.0 Å². The Morgan fingerprint density at radius 2 is 2.04 bits per heavy atom. The van der Waals surface area contributed by atoms with Gasteiger partial charge in [0, 0.05) is 30.6 Å². The summed E-state index contributed by atoms with van der Waals surface area (Å²) < 4.78 is 50.4. The Kier molecular flexibility index (Phi) is 6.13. The molecule has 0 amide bonds. The minimum atomic E-state index is -3.55. The van der Waals surface area contributed by atoms with Crippen LogP contribution >= 0.6 is 11.8 Å². The maximum atomic E-state index is 13.4. The van der Waals surface area contributed by atoms with Gasteiger partial charge in [-0.15, -0.1) is 11.8 Å². The summed E-state index contributed by atoms with van der Waals surface area (Å²) in [5.74, 6) is 0.732. The molecule has 6 nitrogen and oxygen atoms in total. The standard InChI is InChI=1S/C17H19FN2O4S2/c1-23-16-4-2-14(18)10-13(16)12-25-17-5-3-15(11-19-17)26(21,22)20-6-8-24-9-7-20/h2-5,10-11H,6-9,12H2,1H3. The van der Waals surface area contributed by atoms with Crippen molar-refractivity contribution in [2.24, 2.45) is 0 Å². The lowest BCUT2D eigenvalue weighted by atomic mass is 10.2. The molecule has 0 bridgehead atoms. The number of methoxy groups -OCH3 is 1. The van der Waals surface area contributed by atoms with E-state index in [1.807, 2.05) is 0 Å². The third-order valence-electron chi connectivity index (χ3n) is 3.94. The van der Waals surface area contributed by atoms with Crippen LogP contribution in [-0.4, -0.2) is 51.1 Å². The average Bonchev–Trinajstić information content (AvgIpc) is 2.67. The Hall–Kier alpha value is -1.68. The van der Waals surface area contributed by atoms with Crippen molar-refractivity contribution in [2.75, 3.05) is 33.4 Å². The molecule has 0 aliphatic carbocycles. The van der Waals surface area contributed by atoms with Gasteiger partial charge in [-0.2, -0.15) is 4.31 Å². The topological polar surface area (TPSA) is 68.7 Å². The molecule has 1 aliphatic rings. The number of rotatable bonds is 6. The average molecular weight is 398 g/mol. The molecule has 1 aromatic carbocycles. The van der Waals surface area contributed by atoms with Gasteiger partial charge in [-0.3, -0.25) is 0 Å². The van der Waals surface area contributed by atoms with Crippen LogP contribution in [0.3, 0.4) is 0 Å². The Morgan fingerprint density at radius 1 is 1.27 bits per heavy atom. The zero-order chi connectivity index (χ0) is 18.6. The summed E-state index contributed by atoms with van der Waals surface area (Å²) in [6, 6.07) is 7.54. The molecule has 0 unspecified atom stereocenters. The molecule has 26 heavy (non-hydrogen) atoms. The SMILES string of the molecule is COc1ccc(F)cc1CSc1ccc(S(=O)(=O)N2CCOCC2)cn1. The molecule has 0 saturated carbocycles. The number of aromatic nitrogens is 1. The summed E-state index contributed by atoms with van der Waals surface area (Å²) in [5.41, 5.74) is 0.712. The third-order valence-corrected chi connectivity index (χ3v) is 6.81. The first-order chi connectivity index (χ1) is 12.5. The van der Waals surface area contributed by atoms with Crippen molar-refractivity contribution < 1.29 is 22.3 Å². The second kappa shape index (κ2) is 8.34. The predicted octanol–water partition coefficient (Wildman–Crippen LogP) is 2.54. The molecule has 9 heteroatoms. The highest BCUT2D eigenvalue weighted by Crippen LogP contribution is 2.28. The number of ether oxygens (including phenoxy) is 2. The van der Waals surface area contributed by atoms with E-state index >= 15 is 0 Å². The molecule has 3 rings (SSSR count). The molecule has 2 aromatic rings. The molecule has 2 heterocycles. The van der Waals surface area contributed by atoms with Gasteiger partial charge in [-0.25, -0.2) is 17.8 Å². The van der Waals surface area contributed by atoms with Crippen LogP contribution in [0.5, 0.6) is 5.75 Å². The molecule has 0 radical (unpaired) electrons. The normalized spacial score (nSPS) is 15.8. The molecule has 0 N–H and O–H groups in total. The third kappa shape index (κ3) is 4.35. The van der Waals surface area contributed by atoms with Gasteiger partial charge < -0.3 is 9.47 Å². The lowest BCUT2D eigenvalue weighted by Gasteiger charge is -2.25. The van der Waals surface area contributed by atoms with Crippen LogP contribution in [0.1, 0.15) is 5.56 Å². The van der Waals surface area contributed by atoms with Gasteiger partial charge in [0.15, 0.2) is 0 Å². The first-order valence-electron chi connectivity index (χ1n) is 8.00. The monoisotopic (exact) mass is 398 g/mol. The zero-order valence-corrected chi connectivity index (χ0v) is 15.9. The lowest BCUT2D eigenvalue weighted by molar-refractivity contribution is 0.0730. The minimum Gasteiger partial charge on any atom is -0.496 e. The minimum absolute atomic E-state index is 0.159. The lowest BCUT2D eigenvalue weighted by Crippen LogP contribution is -2.40. The van der Waals surface area contributed by atoms with Gasteiger partial charge in [-0.05, 0) is 30.3 Å². The van der Waals surface area contributed by atoms with E-state index in [9.17, 15) is 12.8 Å². The van der Waals surface area contributed by atoms with Crippen molar-refractivity contribution in [3.8, 4) is 5.75 Å². The number of hydrogen-bond acceptors (Lipinski definition) is 6. The van der Waals surface area contributed by atoms with E-state index in [1.54, 1.807) is 18.2 Å². The van der Waals surface area contributed by atoms with Crippen molar-refractivity contribution in [1.29, 1.82) is 0 Å². The van der Waals surface area contributed by atoms with Crippen LogP contribution in [0.15, 0.2) is 46.5 Å². The van der Waals surface area contributed by atoms with Gasteiger partial charge in [0.25, 0.3) is 0 Å². The van der Waals surface area contributed by atoms with Crippen LogP contribution in [0.2, 0.25) is 0 Å². The van der Waals surface area contributed by atoms with Gasteiger partial charge in [0.05, 0.1) is 25.3 Å². The molecule has 1 fully saturated rings. The summed E-state index contributed by atoms with van der Waals surface area (Å²) >= 11 is 1.38. The Morgan fingerprint density at radius 3 is 2.69 bits per heavy atom. The van der Waals surface area contributed by atoms with Crippen molar-refractivity contribution in [3.63, 3.8) is 0 Å². The largest absolute Gasteiger partial charge is 0.496 e. The first-order valence-corrected chi connectivity index (χ1v) is 10.4. The first kappa shape index (κ1) is 19.1. The summed E-state index contributed by atoms with van der Waals surface area (Å²) in [7, 11) is -2.02. The Balaban J connectivity index is 1.69. The Bertz CT molecular complexity index is 854. The fourth-order valence-electron chi connectivity index (χ4n) is 2.55. The maximum Gasteiger partial charge on any atom is 0.244 e. The Labute approximate surface area is 156 Å². The molecular weight excluding hydrogens is 379 g/mol. The van der Waals surface area contributed by atoms with Crippen molar-refractivity contribution in [1.82, 2.24) is 9.29 Å². The number of nitrogens with zero attached hydrogens (tertiary/aromatic N) is 2. The predicted molar refractivity (Wildman–Crippen MR) is 96.3 cm³/mol. The molecule has 1 aromatic heterocycles. The van der Waals surface area contributed by atoms with Gasteiger partial charge >= 0.3 is 0 Å². The highest BCUT2D eigenvalue weighted by atomic mass is 32.2. The van der Waals surface area contributed by atoms with E-state index in [2.05, 4.69) is 4.98 Å². The van der Waals surface area contributed by atoms with Gasteiger partial charge in [-0.1, -0.05) is 0 Å². The molecule has 0 spiro atoms. The van der Waals surface area contributed by atoms with Crippen molar-refractivity contribution in [2.45, 2.75) is 15.7 Å². The number of hydrogen-bond donors (Lipinski definition) is 0. The molecule has 140 valence electrons. The second-order valence-electron chi connectivity index (χ2n) is 5.59. The summed E-state index contributed by atoms with van der Waals surface area (Å²) in [5, 5.41) is 0.650. The van der Waals surface area contributed by atoms with Crippen molar-refractivity contribution in [3.05, 3.63) is 47.9 Å². The van der Waals surface area contributed by atoms with E-state index in [4.69, 9.17) is 9.47 Å². The molecule has 1 saturated heterocycles. The molecule has 1 aliphatic heterocycles. The molecule has 0 atom stereocenters. The van der Waals surface area contributed by atoms with Gasteiger partial charge in [0.1, 0.15) is 16.5 Å². The number of pyridine rings is 1. The maximum absolute atomic E-state index is 13.4. The summed E-state index contributed by atoms with van der Waals surface area (Å²) in [6.07, 6.45) is 1.36. The van der Waals surface area contributed by atoms with E-state index in [-0.39, 0.29) is 10.7 Å². The second-order valence-corrected chi connectivity index (χ2v) is 8.53. The fourth-order valence-corrected chi connectivity index (χ4v) is 4.73. The number of thioether (sulfide) groups is 1. The number of halogens is 1. The zero-order valence-electron chi connectivity index (χ0n) is 14.2.